The lowest BCUT2D eigenvalue weighted by atomic mass is 9.71. The van der Waals surface area contributed by atoms with Crippen molar-refractivity contribution in [3.63, 3.8) is 0 Å². The van der Waals surface area contributed by atoms with Crippen molar-refractivity contribution in [1.29, 1.82) is 0 Å². The summed E-state index contributed by atoms with van der Waals surface area (Å²) in [5.41, 5.74) is 4.14. The maximum absolute atomic E-state index is 13.1. The number of aryl methyl sites for hydroxylation is 4. The normalized spacial score (nSPS) is 24.5. The van der Waals surface area contributed by atoms with Crippen molar-refractivity contribution < 1.29 is 18.7 Å². The molecular formula is C29H35NO5. The monoisotopic (exact) mass is 477 g/mol. The van der Waals surface area contributed by atoms with Crippen LogP contribution < -0.4 is 5.63 Å². The minimum Gasteiger partial charge on any atom is -0.460 e. The van der Waals surface area contributed by atoms with E-state index in [4.69, 9.17) is 8.83 Å². The highest BCUT2D eigenvalue weighted by atomic mass is 16.4. The van der Waals surface area contributed by atoms with Crippen molar-refractivity contribution in [3.05, 3.63) is 44.5 Å². The predicted molar refractivity (Wildman–Crippen MR) is 135 cm³/mol. The molecule has 3 aliphatic rings. The first-order valence-corrected chi connectivity index (χ1v) is 13.4. The number of nitrogens with zero attached hydrogens (tertiary/aromatic N) is 1. The van der Waals surface area contributed by atoms with E-state index in [-0.39, 0.29) is 23.9 Å². The van der Waals surface area contributed by atoms with Crippen LogP contribution in [0.1, 0.15) is 79.4 Å². The Bertz CT molecular complexity index is 1380. The van der Waals surface area contributed by atoms with Gasteiger partial charge in [-0.25, -0.2) is 4.79 Å². The number of likely N-dealkylation sites (tertiary alicyclic amines) is 1. The summed E-state index contributed by atoms with van der Waals surface area (Å²) in [7, 11) is 0. The first kappa shape index (κ1) is 22.8. The Hall–Kier alpha value is -2.60. The summed E-state index contributed by atoms with van der Waals surface area (Å²) >= 11 is 0. The molecule has 3 heterocycles. The van der Waals surface area contributed by atoms with Gasteiger partial charge in [-0.1, -0.05) is 12.8 Å². The molecule has 2 aliphatic carbocycles. The molecule has 1 aromatic carbocycles. The van der Waals surface area contributed by atoms with Crippen LogP contribution >= 0.6 is 0 Å². The molecule has 35 heavy (non-hydrogen) atoms. The number of piperidine rings is 1. The van der Waals surface area contributed by atoms with E-state index < -0.39 is 5.60 Å². The number of furan rings is 1. The van der Waals surface area contributed by atoms with E-state index >= 15 is 0 Å². The van der Waals surface area contributed by atoms with E-state index in [0.717, 1.165) is 78.2 Å². The van der Waals surface area contributed by atoms with Crippen LogP contribution in [0.3, 0.4) is 0 Å². The highest BCUT2D eigenvalue weighted by Crippen LogP contribution is 2.40. The van der Waals surface area contributed by atoms with Gasteiger partial charge in [-0.3, -0.25) is 4.79 Å². The average Bonchev–Trinajstić information content (AvgIpc) is 3.23. The summed E-state index contributed by atoms with van der Waals surface area (Å²) in [5.74, 6) is 1.31. The molecule has 0 radical (unpaired) electrons. The second kappa shape index (κ2) is 8.51. The number of amides is 1. The molecule has 1 saturated carbocycles. The molecule has 6 nitrogen and oxygen atoms in total. The molecule has 1 N–H and O–H groups in total. The lowest BCUT2D eigenvalue weighted by Crippen LogP contribution is -2.54. The zero-order chi connectivity index (χ0) is 24.3. The van der Waals surface area contributed by atoms with Gasteiger partial charge in [0.15, 0.2) is 0 Å². The quantitative estimate of drug-likeness (QED) is 0.529. The van der Waals surface area contributed by atoms with Gasteiger partial charge in [-0.05, 0) is 70.4 Å². The van der Waals surface area contributed by atoms with E-state index in [1.165, 1.54) is 12.0 Å². The fraction of sp³-hybridized carbons (Fsp3) is 0.586. The van der Waals surface area contributed by atoms with Crippen molar-refractivity contribution >= 4 is 27.8 Å². The number of rotatable bonds is 3. The maximum atomic E-state index is 13.1. The highest BCUT2D eigenvalue weighted by molar-refractivity contribution is 6.00. The maximum Gasteiger partial charge on any atom is 0.339 e. The molecule has 2 aromatic heterocycles. The molecule has 1 aliphatic heterocycles. The van der Waals surface area contributed by atoms with Crippen LogP contribution in [-0.4, -0.2) is 34.6 Å². The Morgan fingerprint density at radius 3 is 2.71 bits per heavy atom. The van der Waals surface area contributed by atoms with Gasteiger partial charge in [0.2, 0.25) is 5.91 Å². The van der Waals surface area contributed by atoms with E-state index in [9.17, 15) is 14.7 Å². The standard InChI is InChI=1S/C29H35NO5/c1-17-20(10-11-25(31)30-14-13-29(33)12-6-5-7-19(29)16-30)28(32)35-26-18(2)27-23(15-22(17)26)21-8-3-4-9-24(21)34-27/h15,19,33H,3-14,16H2,1-2H3/t19-,29-/m0/s1. The SMILES string of the molecule is Cc1c(CCC(=O)N2CC[C@@]3(O)CCCC[C@H]3C2)c(=O)oc2c(C)c3oc4c(c3cc12)CCCC4. The molecular weight excluding hydrogens is 442 g/mol. The molecule has 2 fully saturated rings. The Morgan fingerprint density at radius 1 is 1.06 bits per heavy atom. The van der Waals surface area contributed by atoms with E-state index in [1.807, 2.05) is 18.7 Å². The van der Waals surface area contributed by atoms with Crippen LogP contribution in [0.4, 0.5) is 0 Å². The van der Waals surface area contributed by atoms with Gasteiger partial charge < -0.3 is 18.8 Å². The molecule has 6 rings (SSSR count). The van der Waals surface area contributed by atoms with Gasteiger partial charge >= 0.3 is 5.63 Å². The molecule has 3 aromatic rings. The summed E-state index contributed by atoms with van der Waals surface area (Å²) in [4.78, 5) is 28.0. The molecule has 1 saturated heterocycles. The second-order valence-corrected chi connectivity index (χ2v) is 11.1. The van der Waals surface area contributed by atoms with E-state index in [2.05, 4.69) is 6.07 Å². The molecule has 186 valence electrons. The summed E-state index contributed by atoms with van der Waals surface area (Å²) in [6.07, 6.45) is 9.65. The smallest absolute Gasteiger partial charge is 0.339 e. The van der Waals surface area contributed by atoms with Gasteiger partial charge in [-0.2, -0.15) is 0 Å². The van der Waals surface area contributed by atoms with Crippen LogP contribution in [0.15, 0.2) is 19.7 Å². The number of carbonyl (C=O) groups is 1. The van der Waals surface area contributed by atoms with Gasteiger partial charge in [0.25, 0.3) is 0 Å². The van der Waals surface area contributed by atoms with Crippen molar-refractivity contribution in [2.24, 2.45) is 5.92 Å². The molecule has 0 spiro atoms. The molecule has 2 atom stereocenters. The number of hydrogen-bond acceptors (Lipinski definition) is 5. The van der Waals surface area contributed by atoms with Gasteiger partial charge in [-0.15, -0.1) is 0 Å². The first-order chi connectivity index (χ1) is 16.9. The molecule has 6 heteroatoms. The minimum absolute atomic E-state index is 0.0621. The zero-order valence-electron chi connectivity index (χ0n) is 20.9. The summed E-state index contributed by atoms with van der Waals surface area (Å²) in [6.45, 7) is 5.16. The van der Waals surface area contributed by atoms with E-state index in [1.54, 1.807) is 0 Å². The largest absolute Gasteiger partial charge is 0.460 e. The van der Waals surface area contributed by atoms with Crippen molar-refractivity contribution in [2.45, 2.75) is 90.1 Å². The lowest BCUT2D eigenvalue weighted by molar-refractivity contribution is -0.143. The third-order valence-corrected chi connectivity index (χ3v) is 9.09. The Labute approximate surface area is 205 Å². The molecule has 0 bridgehead atoms. The van der Waals surface area contributed by atoms with E-state index in [0.29, 0.717) is 37.1 Å². The molecule has 0 unspecified atom stereocenters. The van der Waals surface area contributed by atoms with Crippen molar-refractivity contribution in [2.75, 3.05) is 13.1 Å². The van der Waals surface area contributed by atoms with Crippen molar-refractivity contribution in [1.82, 2.24) is 4.90 Å². The highest BCUT2D eigenvalue weighted by Gasteiger charge is 2.43. The number of aliphatic hydroxyl groups is 1. The Kier molecular flexibility index (Phi) is 5.55. The van der Waals surface area contributed by atoms with Crippen LogP contribution in [0.25, 0.3) is 21.9 Å². The fourth-order valence-corrected chi connectivity index (χ4v) is 6.89. The van der Waals surface area contributed by atoms with Crippen LogP contribution in [0.2, 0.25) is 0 Å². The van der Waals surface area contributed by atoms with Gasteiger partial charge in [0, 0.05) is 59.3 Å². The third kappa shape index (κ3) is 3.72. The van der Waals surface area contributed by atoms with Crippen LogP contribution in [0.5, 0.6) is 0 Å². The fourth-order valence-electron chi connectivity index (χ4n) is 6.89. The number of fused-ring (bicyclic) bond motifs is 5. The Balaban J connectivity index is 1.27. The second-order valence-electron chi connectivity index (χ2n) is 11.1. The lowest BCUT2D eigenvalue weighted by Gasteiger charge is -2.47. The van der Waals surface area contributed by atoms with Crippen molar-refractivity contribution in [3.8, 4) is 0 Å². The van der Waals surface area contributed by atoms with Gasteiger partial charge in [0.05, 0.1) is 5.60 Å². The minimum atomic E-state index is -0.597. The third-order valence-electron chi connectivity index (χ3n) is 9.09. The average molecular weight is 478 g/mol. The topological polar surface area (TPSA) is 83.9 Å². The van der Waals surface area contributed by atoms with Gasteiger partial charge in [0.1, 0.15) is 16.9 Å². The zero-order valence-corrected chi connectivity index (χ0v) is 20.9. The number of hydrogen-bond donors (Lipinski definition) is 1. The summed E-state index contributed by atoms with van der Waals surface area (Å²) in [5, 5.41) is 13.0. The number of carbonyl (C=O) groups excluding carboxylic acids is 1. The predicted octanol–water partition coefficient (Wildman–Crippen LogP) is 5.12. The molecule has 1 amide bonds. The first-order valence-electron chi connectivity index (χ1n) is 13.4. The summed E-state index contributed by atoms with van der Waals surface area (Å²) < 4.78 is 12.0. The van der Waals surface area contributed by atoms with Crippen LogP contribution in [-0.2, 0) is 24.1 Å². The number of benzene rings is 1. The van der Waals surface area contributed by atoms with Crippen LogP contribution in [0, 0.1) is 19.8 Å². The Morgan fingerprint density at radius 2 is 1.86 bits per heavy atom. The summed E-state index contributed by atoms with van der Waals surface area (Å²) in [6, 6.07) is 2.13.